The van der Waals surface area contributed by atoms with Crippen LogP contribution in [-0.2, 0) is 0 Å². The fraction of sp³-hybridized carbons (Fsp3) is 0.231. The summed E-state index contributed by atoms with van der Waals surface area (Å²) in [6.45, 7) is 4.21. The number of carbonyl (C=O) groups excluding carboxylic acids is 1. The van der Waals surface area contributed by atoms with Gasteiger partial charge in [0.1, 0.15) is 0 Å². The Morgan fingerprint density at radius 2 is 1.94 bits per heavy atom. The molecule has 94 valence electrons. The number of aromatic amines is 1. The Morgan fingerprint density at radius 3 is 2.44 bits per heavy atom. The second-order valence-corrected chi connectivity index (χ2v) is 4.81. The van der Waals surface area contributed by atoms with E-state index < -0.39 is 5.91 Å². The van der Waals surface area contributed by atoms with Gasteiger partial charge in [0.25, 0.3) is 0 Å². The summed E-state index contributed by atoms with van der Waals surface area (Å²) in [4.78, 5) is 14.1. The van der Waals surface area contributed by atoms with Gasteiger partial charge in [-0.25, -0.2) is 0 Å². The van der Waals surface area contributed by atoms with Crippen molar-refractivity contribution in [3.8, 4) is 5.69 Å². The van der Waals surface area contributed by atoms with Crippen LogP contribution in [0.15, 0.2) is 30.5 Å². The molecule has 0 unspecified atom stereocenters. The van der Waals surface area contributed by atoms with Gasteiger partial charge in [0.15, 0.2) is 4.77 Å². The molecule has 0 bridgehead atoms. The Labute approximate surface area is 110 Å². The predicted octanol–water partition coefficient (Wildman–Crippen LogP) is 2.76. The second-order valence-electron chi connectivity index (χ2n) is 4.42. The van der Waals surface area contributed by atoms with Gasteiger partial charge in [0.05, 0.1) is 0 Å². The van der Waals surface area contributed by atoms with Crippen molar-refractivity contribution < 1.29 is 4.79 Å². The third-order valence-corrected chi connectivity index (χ3v) is 3.11. The molecule has 1 heterocycles. The minimum atomic E-state index is -0.428. The summed E-state index contributed by atoms with van der Waals surface area (Å²) in [6.07, 6.45) is 1.91. The number of nitrogens with zero attached hydrogens (tertiary/aromatic N) is 1. The SMILES string of the molecule is CC(C)c1c[nH]c(=S)n1-c1ccc(C(N)=O)cc1. The molecule has 0 aliphatic carbocycles. The number of benzene rings is 1. The molecule has 0 radical (unpaired) electrons. The number of amides is 1. The first kappa shape index (κ1) is 12.6. The summed E-state index contributed by atoms with van der Waals surface area (Å²) >= 11 is 5.27. The Morgan fingerprint density at radius 1 is 1.33 bits per heavy atom. The highest BCUT2D eigenvalue weighted by molar-refractivity contribution is 7.71. The summed E-state index contributed by atoms with van der Waals surface area (Å²) in [6, 6.07) is 7.10. The molecular formula is C13H15N3OS. The fourth-order valence-corrected chi connectivity index (χ4v) is 2.12. The molecule has 5 heteroatoms. The van der Waals surface area contributed by atoms with E-state index in [2.05, 4.69) is 18.8 Å². The Bertz CT molecular complexity index is 622. The van der Waals surface area contributed by atoms with Gasteiger partial charge >= 0.3 is 0 Å². The normalized spacial score (nSPS) is 10.8. The maximum Gasteiger partial charge on any atom is 0.248 e. The first-order chi connectivity index (χ1) is 8.50. The largest absolute Gasteiger partial charge is 0.366 e. The van der Waals surface area contributed by atoms with E-state index in [1.807, 2.05) is 22.9 Å². The first-order valence-electron chi connectivity index (χ1n) is 5.71. The number of hydrogen-bond acceptors (Lipinski definition) is 2. The topological polar surface area (TPSA) is 63.8 Å². The quantitative estimate of drug-likeness (QED) is 0.834. The van der Waals surface area contributed by atoms with E-state index in [9.17, 15) is 4.79 Å². The number of hydrogen-bond donors (Lipinski definition) is 2. The third kappa shape index (κ3) is 2.22. The monoisotopic (exact) mass is 261 g/mol. The van der Waals surface area contributed by atoms with Crippen LogP contribution in [0.2, 0.25) is 0 Å². The van der Waals surface area contributed by atoms with Crippen molar-refractivity contribution in [1.29, 1.82) is 0 Å². The van der Waals surface area contributed by atoms with Crippen LogP contribution >= 0.6 is 12.2 Å². The zero-order chi connectivity index (χ0) is 13.3. The Balaban J connectivity index is 2.52. The molecule has 0 spiro atoms. The van der Waals surface area contributed by atoms with Crippen LogP contribution in [-0.4, -0.2) is 15.5 Å². The van der Waals surface area contributed by atoms with E-state index in [4.69, 9.17) is 18.0 Å². The van der Waals surface area contributed by atoms with Crippen LogP contribution in [0.4, 0.5) is 0 Å². The van der Waals surface area contributed by atoms with Crippen LogP contribution in [0.3, 0.4) is 0 Å². The molecular weight excluding hydrogens is 246 g/mol. The molecule has 0 fully saturated rings. The highest BCUT2D eigenvalue weighted by Gasteiger charge is 2.10. The number of primary amides is 1. The zero-order valence-electron chi connectivity index (χ0n) is 10.3. The van der Waals surface area contributed by atoms with Crippen molar-refractivity contribution in [1.82, 2.24) is 9.55 Å². The van der Waals surface area contributed by atoms with Crippen molar-refractivity contribution in [3.63, 3.8) is 0 Å². The van der Waals surface area contributed by atoms with E-state index in [1.54, 1.807) is 12.1 Å². The van der Waals surface area contributed by atoms with Gasteiger partial charge in [-0.05, 0) is 42.4 Å². The molecule has 0 saturated carbocycles. The van der Waals surface area contributed by atoms with Crippen LogP contribution in [0.5, 0.6) is 0 Å². The van der Waals surface area contributed by atoms with Gasteiger partial charge in [-0.15, -0.1) is 0 Å². The zero-order valence-corrected chi connectivity index (χ0v) is 11.1. The van der Waals surface area contributed by atoms with Crippen molar-refractivity contribution in [2.24, 2.45) is 5.73 Å². The van der Waals surface area contributed by atoms with E-state index in [1.165, 1.54) is 0 Å². The van der Waals surface area contributed by atoms with E-state index in [0.717, 1.165) is 11.4 Å². The third-order valence-electron chi connectivity index (χ3n) is 2.81. The van der Waals surface area contributed by atoms with Crippen molar-refractivity contribution in [2.75, 3.05) is 0 Å². The summed E-state index contributed by atoms with van der Waals surface area (Å²) in [7, 11) is 0. The van der Waals surface area contributed by atoms with Gasteiger partial charge < -0.3 is 10.7 Å². The van der Waals surface area contributed by atoms with Gasteiger partial charge in [0, 0.05) is 23.1 Å². The lowest BCUT2D eigenvalue weighted by molar-refractivity contribution is 0.100. The lowest BCUT2D eigenvalue weighted by Gasteiger charge is -2.11. The maximum atomic E-state index is 11.0. The average Bonchev–Trinajstić information content (AvgIpc) is 2.71. The highest BCUT2D eigenvalue weighted by Crippen LogP contribution is 2.20. The Kier molecular flexibility index (Phi) is 3.34. The highest BCUT2D eigenvalue weighted by atomic mass is 32.1. The van der Waals surface area contributed by atoms with Gasteiger partial charge in [0.2, 0.25) is 5.91 Å². The van der Waals surface area contributed by atoms with Gasteiger partial charge in [-0.1, -0.05) is 13.8 Å². The minimum Gasteiger partial charge on any atom is -0.366 e. The predicted molar refractivity (Wildman–Crippen MR) is 73.6 cm³/mol. The number of nitrogens with one attached hydrogen (secondary N) is 1. The lowest BCUT2D eigenvalue weighted by Crippen LogP contribution is -2.11. The summed E-state index contributed by atoms with van der Waals surface area (Å²) < 4.78 is 2.61. The van der Waals surface area contributed by atoms with E-state index >= 15 is 0 Å². The number of carbonyl (C=O) groups is 1. The molecule has 3 N–H and O–H groups in total. The number of rotatable bonds is 3. The van der Waals surface area contributed by atoms with Crippen LogP contribution < -0.4 is 5.73 Å². The first-order valence-corrected chi connectivity index (χ1v) is 6.12. The molecule has 2 rings (SSSR count). The fourth-order valence-electron chi connectivity index (χ4n) is 1.85. The van der Waals surface area contributed by atoms with Gasteiger partial charge in [-0.2, -0.15) is 0 Å². The molecule has 1 aromatic heterocycles. The molecule has 4 nitrogen and oxygen atoms in total. The van der Waals surface area contributed by atoms with Crippen molar-refractivity contribution in [3.05, 3.63) is 46.5 Å². The molecule has 0 saturated heterocycles. The molecule has 2 aromatic rings. The Hall–Kier alpha value is -1.88. The maximum absolute atomic E-state index is 11.0. The van der Waals surface area contributed by atoms with Crippen molar-refractivity contribution in [2.45, 2.75) is 19.8 Å². The molecule has 18 heavy (non-hydrogen) atoms. The number of nitrogens with two attached hydrogens (primary N) is 1. The van der Waals surface area contributed by atoms with E-state index in [0.29, 0.717) is 16.3 Å². The van der Waals surface area contributed by atoms with E-state index in [-0.39, 0.29) is 0 Å². The van der Waals surface area contributed by atoms with Crippen molar-refractivity contribution >= 4 is 18.1 Å². The van der Waals surface area contributed by atoms with Gasteiger partial charge in [-0.3, -0.25) is 9.36 Å². The smallest absolute Gasteiger partial charge is 0.248 e. The summed E-state index contributed by atoms with van der Waals surface area (Å²) in [5.74, 6) is -0.0722. The lowest BCUT2D eigenvalue weighted by atomic mass is 10.1. The molecule has 1 aromatic carbocycles. The van der Waals surface area contributed by atoms with Crippen LogP contribution in [0.25, 0.3) is 5.69 Å². The number of aromatic nitrogens is 2. The summed E-state index contributed by atoms with van der Waals surface area (Å²) in [5.41, 5.74) is 7.74. The molecule has 0 atom stereocenters. The molecule has 1 amide bonds. The molecule has 0 aliphatic heterocycles. The van der Waals surface area contributed by atoms with Crippen LogP contribution in [0.1, 0.15) is 35.8 Å². The standard InChI is InChI=1S/C13H15N3OS/c1-8(2)11-7-15-13(18)16(11)10-5-3-9(4-6-10)12(14)17/h3-8H,1-2H3,(H2,14,17)(H,15,18). The number of H-pyrrole nitrogens is 1. The molecule has 0 aliphatic rings. The second kappa shape index (κ2) is 4.78. The van der Waals surface area contributed by atoms with Crippen LogP contribution in [0, 0.1) is 4.77 Å². The number of imidazole rings is 1. The summed E-state index contributed by atoms with van der Waals surface area (Å²) in [5, 5.41) is 0. The average molecular weight is 261 g/mol. The minimum absolute atomic E-state index is 0.355.